The predicted molar refractivity (Wildman–Crippen MR) is 69.4 cm³/mol. The number of rotatable bonds is 1. The molecule has 2 aromatic heterocycles. The van der Waals surface area contributed by atoms with Crippen molar-refractivity contribution in [3.05, 3.63) is 16.3 Å². The van der Waals surface area contributed by atoms with Crippen molar-refractivity contribution < 1.29 is 4.42 Å². The lowest BCUT2D eigenvalue weighted by atomic mass is 9.85. The Morgan fingerprint density at radius 3 is 2.38 bits per heavy atom. The van der Waals surface area contributed by atoms with E-state index in [0.29, 0.717) is 5.92 Å². The third-order valence-corrected chi connectivity index (χ3v) is 3.63. The molecule has 2 rings (SSSR count). The second-order valence-electron chi connectivity index (χ2n) is 5.61. The summed E-state index contributed by atoms with van der Waals surface area (Å²) >= 11 is 1.74. The van der Waals surface area contributed by atoms with Crippen LogP contribution in [0.4, 0.5) is 0 Å². The Balaban J connectivity index is 2.77. The molecule has 0 radical (unpaired) electrons. The molecule has 0 aliphatic carbocycles. The van der Waals surface area contributed by atoms with E-state index in [2.05, 4.69) is 39.6 Å². The molecule has 3 heteroatoms. The van der Waals surface area contributed by atoms with Gasteiger partial charge in [0.2, 0.25) is 5.71 Å². The average Bonchev–Trinajstić information content (AvgIpc) is 2.56. The Hall–Kier alpha value is -0.830. The maximum absolute atomic E-state index is 5.91. The Morgan fingerprint density at radius 1 is 1.25 bits per heavy atom. The minimum absolute atomic E-state index is 0.115. The highest BCUT2D eigenvalue weighted by molar-refractivity contribution is 7.18. The molecule has 0 saturated heterocycles. The first-order valence-corrected chi connectivity index (χ1v) is 6.52. The molecule has 0 amide bonds. The quantitative estimate of drug-likeness (QED) is 0.723. The highest BCUT2D eigenvalue weighted by Crippen LogP contribution is 2.41. The van der Waals surface area contributed by atoms with Crippen LogP contribution in [-0.2, 0) is 5.41 Å². The number of hydrogen-bond acceptors (Lipinski definition) is 3. The van der Waals surface area contributed by atoms with Gasteiger partial charge in [-0.15, -0.1) is 11.3 Å². The number of aryl methyl sites for hydroxylation is 1. The van der Waals surface area contributed by atoms with Gasteiger partial charge in [0.25, 0.3) is 0 Å². The topological polar surface area (TPSA) is 26.0 Å². The zero-order valence-electron chi connectivity index (χ0n) is 10.8. The van der Waals surface area contributed by atoms with Crippen molar-refractivity contribution in [2.24, 2.45) is 0 Å². The summed E-state index contributed by atoms with van der Waals surface area (Å²) in [5.74, 6) is 1.51. The van der Waals surface area contributed by atoms with Crippen molar-refractivity contribution in [3.63, 3.8) is 0 Å². The maximum Gasteiger partial charge on any atom is 0.237 e. The molecule has 0 N–H and O–H groups in total. The van der Waals surface area contributed by atoms with E-state index in [1.165, 1.54) is 10.3 Å². The van der Waals surface area contributed by atoms with Crippen molar-refractivity contribution in [3.8, 4) is 0 Å². The summed E-state index contributed by atoms with van der Waals surface area (Å²) in [7, 11) is 0. The predicted octanol–water partition coefficient (Wildman–Crippen LogP) is 4.62. The van der Waals surface area contributed by atoms with E-state index in [9.17, 15) is 0 Å². The SMILES string of the molecule is Cc1nc2oc(C(C)C)c(C(C)(C)C)c2s1. The van der Waals surface area contributed by atoms with Gasteiger partial charge in [-0.25, -0.2) is 4.98 Å². The number of furan rings is 1. The summed E-state index contributed by atoms with van der Waals surface area (Å²) in [6.07, 6.45) is 0. The zero-order chi connectivity index (χ0) is 12.1. The fourth-order valence-electron chi connectivity index (χ4n) is 2.02. The van der Waals surface area contributed by atoms with Gasteiger partial charge in [0.15, 0.2) is 0 Å². The zero-order valence-corrected chi connectivity index (χ0v) is 11.7. The first-order valence-electron chi connectivity index (χ1n) is 5.71. The molecular formula is C13H19NOS. The van der Waals surface area contributed by atoms with Gasteiger partial charge in [-0.1, -0.05) is 34.6 Å². The van der Waals surface area contributed by atoms with Crippen molar-refractivity contribution in [1.29, 1.82) is 0 Å². The Bertz CT molecular complexity index is 514. The molecule has 0 unspecified atom stereocenters. The molecule has 0 atom stereocenters. The summed E-state index contributed by atoms with van der Waals surface area (Å²) < 4.78 is 7.14. The van der Waals surface area contributed by atoms with Crippen molar-refractivity contribution in [2.75, 3.05) is 0 Å². The molecule has 0 spiro atoms. The van der Waals surface area contributed by atoms with Crippen LogP contribution < -0.4 is 0 Å². The number of nitrogens with zero attached hydrogens (tertiary/aromatic N) is 1. The highest BCUT2D eigenvalue weighted by atomic mass is 32.1. The molecule has 0 aliphatic heterocycles. The lowest BCUT2D eigenvalue weighted by Crippen LogP contribution is -2.13. The van der Waals surface area contributed by atoms with Crippen LogP contribution in [0.1, 0.15) is 56.9 Å². The van der Waals surface area contributed by atoms with Crippen LogP contribution in [-0.4, -0.2) is 4.98 Å². The van der Waals surface area contributed by atoms with Gasteiger partial charge in [0.1, 0.15) is 5.76 Å². The molecule has 2 nitrogen and oxygen atoms in total. The monoisotopic (exact) mass is 237 g/mol. The fraction of sp³-hybridized carbons (Fsp3) is 0.615. The summed E-state index contributed by atoms with van der Waals surface area (Å²) in [6, 6.07) is 0. The first-order chi connectivity index (χ1) is 7.30. The maximum atomic E-state index is 5.91. The number of thiazole rings is 1. The second kappa shape index (κ2) is 3.59. The molecule has 0 bridgehead atoms. The van der Waals surface area contributed by atoms with E-state index in [-0.39, 0.29) is 5.41 Å². The minimum Gasteiger partial charge on any atom is -0.441 e. The van der Waals surface area contributed by atoms with Crippen molar-refractivity contribution in [1.82, 2.24) is 4.98 Å². The van der Waals surface area contributed by atoms with Gasteiger partial charge in [0.05, 0.1) is 9.71 Å². The van der Waals surface area contributed by atoms with Gasteiger partial charge in [0, 0.05) is 11.5 Å². The molecule has 0 saturated carbocycles. The summed E-state index contributed by atoms with van der Waals surface area (Å²) in [5.41, 5.74) is 2.27. The van der Waals surface area contributed by atoms with E-state index >= 15 is 0 Å². The first kappa shape index (κ1) is 11.6. The summed E-state index contributed by atoms with van der Waals surface area (Å²) in [4.78, 5) is 4.44. The number of hydrogen-bond donors (Lipinski definition) is 0. The van der Waals surface area contributed by atoms with Crippen LogP contribution in [0.3, 0.4) is 0 Å². The smallest absolute Gasteiger partial charge is 0.237 e. The number of fused-ring (bicyclic) bond motifs is 1. The Morgan fingerprint density at radius 2 is 1.88 bits per heavy atom. The van der Waals surface area contributed by atoms with Gasteiger partial charge in [-0.2, -0.15) is 0 Å². The van der Waals surface area contributed by atoms with E-state index in [0.717, 1.165) is 16.5 Å². The third-order valence-electron chi connectivity index (χ3n) is 2.66. The van der Waals surface area contributed by atoms with E-state index in [1.54, 1.807) is 11.3 Å². The Kier molecular flexibility index (Phi) is 2.61. The lowest BCUT2D eigenvalue weighted by Gasteiger charge is -2.19. The molecule has 2 aromatic rings. The third kappa shape index (κ3) is 1.77. The van der Waals surface area contributed by atoms with Gasteiger partial charge in [-0.3, -0.25) is 0 Å². The van der Waals surface area contributed by atoms with Crippen LogP contribution in [0.5, 0.6) is 0 Å². The highest BCUT2D eigenvalue weighted by Gasteiger charge is 2.28. The fourth-order valence-corrected chi connectivity index (χ4v) is 3.13. The van der Waals surface area contributed by atoms with Gasteiger partial charge in [-0.05, 0) is 12.3 Å². The molecule has 0 aliphatic rings. The van der Waals surface area contributed by atoms with E-state index in [4.69, 9.17) is 4.42 Å². The molecule has 0 fully saturated rings. The van der Waals surface area contributed by atoms with Gasteiger partial charge >= 0.3 is 0 Å². The Labute approximate surface area is 101 Å². The van der Waals surface area contributed by atoms with Crippen molar-refractivity contribution >= 4 is 21.8 Å². The van der Waals surface area contributed by atoms with Crippen LogP contribution in [0.2, 0.25) is 0 Å². The molecular weight excluding hydrogens is 218 g/mol. The molecule has 0 aromatic carbocycles. The second-order valence-corrected chi connectivity index (χ2v) is 6.82. The average molecular weight is 237 g/mol. The van der Waals surface area contributed by atoms with E-state index in [1.807, 2.05) is 6.92 Å². The van der Waals surface area contributed by atoms with Crippen molar-refractivity contribution in [2.45, 2.75) is 52.9 Å². The summed E-state index contributed by atoms with van der Waals surface area (Å²) in [6.45, 7) is 13.1. The van der Waals surface area contributed by atoms with Gasteiger partial charge < -0.3 is 4.42 Å². The normalized spacial score (nSPS) is 12.9. The molecule has 88 valence electrons. The van der Waals surface area contributed by atoms with Crippen LogP contribution in [0.15, 0.2) is 4.42 Å². The van der Waals surface area contributed by atoms with E-state index < -0.39 is 0 Å². The molecule has 2 heterocycles. The van der Waals surface area contributed by atoms with Crippen LogP contribution in [0.25, 0.3) is 10.4 Å². The minimum atomic E-state index is 0.115. The van der Waals surface area contributed by atoms with Crippen LogP contribution >= 0.6 is 11.3 Å². The number of aromatic nitrogens is 1. The van der Waals surface area contributed by atoms with Crippen LogP contribution in [0, 0.1) is 6.92 Å². The largest absolute Gasteiger partial charge is 0.441 e. The lowest BCUT2D eigenvalue weighted by molar-refractivity contribution is 0.481. The standard InChI is InChI=1S/C13H19NOS/c1-7(2)10-9(13(4,5)6)11-12(15-10)14-8(3)16-11/h7H,1-6H3. The summed E-state index contributed by atoms with van der Waals surface area (Å²) in [5, 5.41) is 1.08. The molecule has 16 heavy (non-hydrogen) atoms.